The Kier molecular flexibility index (Phi) is 7.14. The number of aliphatic hydroxyl groups is 1. The van der Waals surface area contributed by atoms with E-state index in [1.54, 1.807) is 0 Å². The smallest absolute Gasteiger partial charge is 0.416 e. The molecule has 1 amide bonds. The molecule has 0 fully saturated rings. The molecule has 2 N–H and O–H groups in total. The first-order valence-electron chi connectivity index (χ1n) is 9.80. The Morgan fingerprint density at radius 1 is 1.41 bits per heavy atom. The zero-order valence-corrected chi connectivity index (χ0v) is 18.1. The molecular weight excluding hydrogens is 449 g/mol. The number of rotatable bonds is 7. The van der Waals surface area contributed by atoms with Crippen molar-refractivity contribution >= 4 is 27.6 Å². The summed E-state index contributed by atoms with van der Waals surface area (Å²) in [6, 6.07) is 2.48. The number of nitrogens with zero attached hydrogens (tertiary/aromatic N) is 3. The highest BCUT2D eigenvalue weighted by Gasteiger charge is 2.32. The molecule has 32 heavy (non-hydrogen) atoms. The average molecular weight is 470 g/mol. The molecular formula is C20H21F3N4O4S. The first-order chi connectivity index (χ1) is 15.1. The van der Waals surface area contributed by atoms with Crippen molar-refractivity contribution in [1.29, 1.82) is 0 Å². The fourth-order valence-corrected chi connectivity index (χ4v) is 3.89. The Morgan fingerprint density at radius 2 is 2.16 bits per heavy atom. The summed E-state index contributed by atoms with van der Waals surface area (Å²) < 4.78 is 46.5. The largest absolute Gasteiger partial charge is 0.490 e. The molecule has 0 aliphatic rings. The van der Waals surface area contributed by atoms with E-state index >= 15 is 0 Å². The Bertz CT molecular complexity index is 1240. The number of fused-ring (bicyclic) bond motifs is 1. The van der Waals surface area contributed by atoms with E-state index in [1.165, 1.54) is 17.8 Å². The van der Waals surface area contributed by atoms with Crippen LogP contribution in [0.1, 0.15) is 42.6 Å². The number of alkyl halides is 3. The molecule has 3 rings (SSSR count). The molecule has 1 atom stereocenters. The van der Waals surface area contributed by atoms with Crippen molar-refractivity contribution in [2.24, 2.45) is 4.99 Å². The monoisotopic (exact) mass is 470 g/mol. The maximum absolute atomic E-state index is 13.2. The van der Waals surface area contributed by atoms with Crippen molar-refractivity contribution < 1.29 is 27.8 Å². The number of aryl methyl sites for hydroxylation is 1. The number of amides is 1. The number of H-pyrrole nitrogens is 1. The molecule has 0 saturated heterocycles. The number of hydrogen-bond donors (Lipinski definition) is 2. The minimum atomic E-state index is -4.67. The Labute approximate surface area is 184 Å². The first-order valence-corrected chi connectivity index (χ1v) is 10.6. The van der Waals surface area contributed by atoms with Gasteiger partial charge in [-0.1, -0.05) is 24.7 Å². The summed E-state index contributed by atoms with van der Waals surface area (Å²) in [5.41, 5.74) is -1.60. The second kappa shape index (κ2) is 9.65. The number of ether oxygens (including phenoxy) is 1. The third kappa shape index (κ3) is 5.25. The molecule has 0 aliphatic heterocycles. The Hall–Kier alpha value is -2.99. The summed E-state index contributed by atoms with van der Waals surface area (Å²) in [6.45, 7) is 3.55. The van der Waals surface area contributed by atoms with Crippen molar-refractivity contribution in [3.8, 4) is 5.75 Å². The van der Waals surface area contributed by atoms with Gasteiger partial charge in [-0.15, -0.1) is 0 Å². The molecule has 12 heteroatoms. The summed E-state index contributed by atoms with van der Waals surface area (Å²) in [5.74, 6) is -1.10. The molecule has 1 aromatic carbocycles. The van der Waals surface area contributed by atoms with Gasteiger partial charge in [-0.2, -0.15) is 18.2 Å². The van der Waals surface area contributed by atoms with Gasteiger partial charge in [0.25, 0.3) is 11.5 Å². The normalized spacial score (nSPS) is 13.5. The van der Waals surface area contributed by atoms with E-state index in [4.69, 9.17) is 4.74 Å². The number of nitrogens with one attached hydrogen (secondary N) is 1. The lowest BCUT2D eigenvalue weighted by Gasteiger charge is -2.13. The van der Waals surface area contributed by atoms with Crippen LogP contribution in [-0.2, 0) is 12.7 Å². The number of aromatic nitrogens is 3. The van der Waals surface area contributed by atoms with Crippen LogP contribution < -0.4 is 15.1 Å². The van der Waals surface area contributed by atoms with Gasteiger partial charge >= 0.3 is 6.18 Å². The van der Waals surface area contributed by atoms with Gasteiger partial charge in [-0.3, -0.25) is 9.59 Å². The number of unbranched alkanes of at least 4 members (excludes halogenated alkanes) is 1. The van der Waals surface area contributed by atoms with Gasteiger partial charge in [0.15, 0.2) is 9.63 Å². The van der Waals surface area contributed by atoms with Gasteiger partial charge in [0, 0.05) is 6.54 Å². The molecule has 2 heterocycles. The Balaban J connectivity index is 2.15. The number of aromatic amines is 1. The van der Waals surface area contributed by atoms with E-state index in [0.29, 0.717) is 23.9 Å². The van der Waals surface area contributed by atoms with Crippen molar-refractivity contribution in [2.75, 3.05) is 6.61 Å². The molecule has 0 bridgehead atoms. The number of hydrogen-bond acceptors (Lipinski definition) is 6. The Morgan fingerprint density at radius 3 is 2.81 bits per heavy atom. The lowest BCUT2D eigenvalue weighted by atomic mass is 10.1. The molecule has 3 aromatic rings. The minimum Gasteiger partial charge on any atom is -0.490 e. The summed E-state index contributed by atoms with van der Waals surface area (Å²) in [7, 11) is 0. The standard InChI is InChI=1S/C20H21F3N4O4S/c1-3-4-7-27-15-17(30)24-10-25-18(15)32-19(27)26-16(29)13-8-12(20(21,22)23)5-6-14(13)31-9-11(2)28/h5-6,8,10-11,28H,3-4,7,9H2,1-2H3,(H,24,25,30). The van der Waals surface area contributed by atoms with Gasteiger partial charge in [0.05, 0.1) is 23.6 Å². The number of thiazole rings is 1. The van der Waals surface area contributed by atoms with Crippen LogP contribution in [0.2, 0.25) is 0 Å². The molecule has 172 valence electrons. The molecule has 0 radical (unpaired) electrons. The number of carbonyl (C=O) groups excluding carboxylic acids is 1. The topological polar surface area (TPSA) is 110 Å². The third-order valence-electron chi connectivity index (χ3n) is 4.43. The SMILES string of the molecule is CCCCn1c(=NC(=O)c2cc(C(F)(F)F)ccc2OCC(C)O)sc2nc[nH]c(=O)c21. The summed E-state index contributed by atoms with van der Waals surface area (Å²) in [6.07, 6.45) is -2.84. The second-order valence-electron chi connectivity index (χ2n) is 7.06. The quantitative estimate of drug-likeness (QED) is 0.552. The molecule has 0 saturated carbocycles. The predicted molar refractivity (Wildman–Crippen MR) is 112 cm³/mol. The van der Waals surface area contributed by atoms with Crippen LogP contribution in [0.3, 0.4) is 0 Å². The van der Waals surface area contributed by atoms with Crippen LogP contribution in [0.15, 0.2) is 34.3 Å². The van der Waals surface area contributed by atoms with Crippen LogP contribution in [0.25, 0.3) is 10.3 Å². The zero-order chi connectivity index (χ0) is 23.5. The lowest BCUT2D eigenvalue weighted by Crippen LogP contribution is -2.21. The van der Waals surface area contributed by atoms with Crippen molar-refractivity contribution in [3.05, 3.63) is 50.8 Å². The minimum absolute atomic E-state index is 0.134. The fraction of sp³-hybridized carbons (Fsp3) is 0.400. The van der Waals surface area contributed by atoms with Crippen LogP contribution in [-0.4, -0.2) is 38.3 Å². The maximum atomic E-state index is 13.2. The van der Waals surface area contributed by atoms with E-state index in [2.05, 4.69) is 15.0 Å². The molecule has 0 spiro atoms. The van der Waals surface area contributed by atoms with Crippen LogP contribution in [0.5, 0.6) is 5.75 Å². The molecule has 1 unspecified atom stereocenters. The lowest BCUT2D eigenvalue weighted by molar-refractivity contribution is -0.137. The zero-order valence-electron chi connectivity index (χ0n) is 17.3. The third-order valence-corrected chi connectivity index (χ3v) is 5.42. The highest BCUT2D eigenvalue weighted by molar-refractivity contribution is 7.15. The highest BCUT2D eigenvalue weighted by Crippen LogP contribution is 2.33. The average Bonchev–Trinajstić information content (AvgIpc) is 3.07. The number of carbonyl (C=O) groups is 1. The first kappa shape index (κ1) is 23.7. The molecule has 2 aromatic heterocycles. The van der Waals surface area contributed by atoms with Gasteiger partial charge in [0.2, 0.25) is 0 Å². The van der Waals surface area contributed by atoms with Gasteiger partial charge < -0.3 is 19.4 Å². The number of aliphatic hydroxyl groups excluding tert-OH is 1. The van der Waals surface area contributed by atoms with Crippen molar-refractivity contribution in [2.45, 2.75) is 45.5 Å². The summed E-state index contributed by atoms with van der Waals surface area (Å²) in [4.78, 5) is 36.3. The van der Waals surface area contributed by atoms with Crippen LogP contribution in [0, 0.1) is 0 Å². The van der Waals surface area contributed by atoms with E-state index in [9.17, 15) is 27.9 Å². The van der Waals surface area contributed by atoms with E-state index < -0.39 is 34.9 Å². The predicted octanol–water partition coefficient (Wildman–Crippen LogP) is 3.11. The highest BCUT2D eigenvalue weighted by atomic mass is 32.1. The second-order valence-corrected chi connectivity index (χ2v) is 8.02. The number of halogens is 3. The summed E-state index contributed by atoms with van der Waals surface area (Å²) in [5, 5.41) is 9.43. The molecule has 8 nitrogen and oxygen atoms in total. The van der Waals surface area contributed by atoms with E-state index in [1.807, 2.05) is 6.92 Å². The fourth-order valence-electron chi connectivity index (χ4n) is 2.89. The van der Waals surface area contributed by atoms with Crippen LogP contribution in [0.4, 0.5) is 13.2 Å². The van der Waals surface area contributed by atoms with Crippen molar-refractivity contribution in [3.63, 3.8) is 0 Å². The van der Waals surface area contributed by atoms with Gasteiger partial charge in [-0.25, -0.2) is 4.98 Å². The van der Waals surface area contributed by atoms with Crippen molar-refractivity contribution in [1.82, 2.24) is 14.5 Å². The van der Waals surface area contributed by atoms with Gasteiger partial charge in [0.1, 0.15) is 17.9 Å². The molecule has 0 aliphatic carbocycles. The van der Waals surface area contributed by atoms with E-state index in [-0.39, 0.29) is 22.7 Å². The van der Waals surface area contributed by atoms with Crippen LogP contribution >= 0.6 is 11.3 Å². The number of benzene rings is 1. The summed E-state index contributed by atoms with van der Waals surface area (Å²) >= 11 is 0.987. The maximum Gasteiger partial charge on any atom is 0.416 e. The van der Waals surface area contributed by atoms with Gasteiger partial charge in [-0.05, 0) is 31.5 Å². The van der Waals surface area contributed by atoms with E-state index in [0.717, 1.165) is 29.9 Å².